The van der Waals surface area contributed by atoms with E-state index in [0.29, 0.717) is 17.8 Å². The number of anilines is 2. The van der Waals surface area contributed by atoms with E-state index in [9.17, 15) is 10.1 Å². The SMILES string of the molecule is CC1CCCC(N(C)c2cc([N+](=O)[O-])cc(N)n2)C1. The lowest BCUT2D eigenvalue weighted by molar-refractivity contribution is -0.384. The van der Waals surface area contributed by atoms with E-state index in [-0.39, 0.29) is 11.5 Å². The van der Waals surface area contributed by atoms with Crippen LogP contribution in [-0.2, 0) is 0 Å². The van der Waals surface area contributed by atoms with E-state index in [2.05, 4.69) is 11.9 Å². The zero-order valence-electron chi connectivity index (χ0n) is 11.4. The minimum Gasteiger partial charge on any atom is -0.383 e. The lowest BCUT2D eigenvalue weighted by Gasteiger charge is -2.34. The van der Waals surface area contributed by atoms with Crippen molar-refractivity contribution in [1.29, 1.82) is 0 Å². The van der Waals surface area contributed by atoms with E-state index in [0.717, 1.165) is 12.8 Å². The summed E-state index contributed by atoms with van der Waals surface area (Å²) in [6, 6.07) is 3.17. The van der Waals surface area contributed by atoms with E-state index >= 15 is 0 Å². The first-order valence-corrected chi connectivity index (χ1v) is 6.62. The molecule has 6 nitrogen and oxygen atoms in total. The van der Waals surface area contributed by atoms with Gasteiger partial charge in [-0.3, -0.25) is 10.1 Å². The smallest absolute Gasteiger partial charge is 0.276 e. The van der Waals surface area contributed by atoms with Crippen molar-refractivity contribution >= 4 is 17.3 Å². The molecule has 19 heavy (non-hydrogen) atoms. The third kappa shape index (κ3) is 3.13. The third-order valence-electron chi connectivity index (χ3n) is 3.85. The van der Waals surface area contributed by atoms with E-state index < -0.39 is 4.92 Å². The van der Waals surface area contributed by atoms with Crippen molar-refractivity contribution in [2.75, 3.05) is 17.7 Å². The average molecular weight is 264 g/mol. The molecule has 0 spiro atoms. The van der Waals surface area contributed by atoms with Gasteiger partial charge in [0, 0.05) is 13.1 Å². The van der Waals surface area contributed by atoms with Crippen molar-refractivity contribution in [3.8, 4) is 0 Å². The van der Waals surface area contributed by atoms with Crippen molar-refractivity contribution in [2.45, 2.75) is 38.6 Å². The van der Waals surface area contributed by atoms with Crippen molar-refractivity contribution in [3.05, 3.63) is 22.2 Å². The molecule has 0 saturated heterocycles. The van der Waals surface area contributed by atoms with Gasteiger partial charge in [-0.15, -0.1) is 0 Å². The largest absolute Gasteiger partial charge is 0.383 e. The Morgan fingerprint density at radius 2 is 2.21 bits per heavy atom. The number of nitrogens with zero attached hydrogens (tertiary/aromatic N) is 3. The molecule has 0 aliphatic heterocycles. The molecule has 1 heterocycles. The van der Waals surface area contributed by atoms with Gasteiger partial charge in [0.25, 0.3) is 5.69 Å². The maximum absolute atomic E-state index is 10.9. The summed E-state index contributed by atoms with van der Waals surface area (Å²) in [4.78, 5) is 16.7. The Hall–Kier alpha value is -1.85. The van der Waals surface area contributed by atoms with Gasteiger partial charge in [-0.2, -0.15) is 0 Å². The number of nitrogen functional groups attached to an aromatic ring is 1. The zero-order valence-corrected chi connectivity index (χ0v) is 11.4. The van der Waals surface area contributed by atoms with Crippen LogP contribution in [0.1, 0.15) is 32.6 Å². The van der Waals surface area contributed by atoms with Crippen LogP contribution in [0.5, 0.6) is 0 Å². The van der Waals surface area contributed by atoms with Gasteiger partial charge in [-0.05, 0) is 18.8 Å². The summed E-state index contributed by atoms with van der Waals surface area (Å²) in [7, 11) is 1.94. The Morgan fingerprint density at radius 3 is 2.84 bits per heavy atom. The van der Waals surface area contributed by atoms with Gasteiger partial charge in [0.1, 0.15) is 11.6 Å². The van der Waals surface area contributed by atoms with Crippen LogP contribution in [0, 0.1) is 16.0 Å². The molecule has 0 bridgehead atoms. The number of pyridine rings is 1. The fraction of sp³-hybridized carbons (Fsp3) is 0.615. The molecule has 1 aromatic heterocycles. The number of nitrogens with two attached hydrogens (primary N) is 1. The molecule has 0 aromatic carbocycles. The van der Waals surface area contributed by atoms with Crippen LogP contribution in [0.15, 0.2) is 12.1 Å². The first kappa shape index (κ1) is 13.6. The molecule has 104 valence electrons. The van der Waals surface area contributed by atoms with Gasteiger partial charge < -0.3 is 10.6 Å². The number of rotatable bonds is 3. The highest BCUT2D eigenvalue weighted by Crippen LogP contribution is 2.30. The molecule has 2 N–H and O–H groups in total. The monoisotopic (exact) mass is 264 g/mol. The maximum atomic E-state index is 10.9. The van der Waals surface area contributed by atoms with Gasteiger partial charge >= 0.3 is 0 Å². The summed E-state index contributed by atoms with van der Waals surface area (Å²) in [6.45, 7) is 2.25. The van der Waals surface area contributed by atoms with Crippen LogP contribution >= 0.6 is 0 Å². The lowest BCUT2D eigenvalue weighted by Crippen LogP contribution is -2.36. The standard InChI is InChI=1S/C13H20N4O2/c1-9-4-3-5-10(6-9)16(2)13-8-11(17(18)19)7-12(14)15-13/h7-10H,3-6H2,1-2H3,(H2,14,15). The molecule has 1 aliphatic rings. The number of aromatic nitrogens is 1. The summed E-state index contributed by atoms with van der Waals surface area (Å²) < 4.78 is 0. The Balaban J connectivity index is 2.22. The third-order valence-corrected chi connectivity index (χ3v) is 3.85. The molecule has 6 heteroatoms. The Morgan fingerprint density at radius 1 is 1.47 bits per heavy atom. The first-order valence-electron chi connectivity index (χ1n) is 6.62. The molecule has 1 aromatic rings. The Labute approximate surface area is 112 Å². The molecule has 2 atom stereocenters. The summed E-state index contributed by atoms with van der Waals surface area (Å²) in [5.41, 5.74) is 5.65. The van der Waals surface area contributed by atoms with Crippen LogP contribution in [-0.4, -0.2) is 23.0 Å². The minimum atomic E-state index is -0.432. The number of hydrogen-bond donors (Lipinski definition) is 1. The predicted molar refractivity (Wildman–Crippen MR) is 75.1 cm³/mol. The highest BCUT2D eigenvalue weighted by molar-refractivity contribution is 5.54. The molecular weight excluding hydrogens is 244 g/mol. The Kier molecular flexibility index (Phi) is 3.87. The van der Waals surface area contributed by atoms with Crippen LogP contribution < -0.4 is 10.6 Å². The van der Waals surface area contributed by atoms with Crippen molar-refractivity contribution in [2.24, 2.45) is 5.92 Å². The van der Waals surface area contributed by atoms with Crippen molar-refractivity contribution < 1.29 is 4.92 Å². The lowest BCUT2D eigenvalue weighted by atomic mass is 9.86. The molecule has 1 aliphatic carbocycles. The predicted octanol–water partition coefficient (Wildman–Crippen LogP) is 2.59. The van der Waals surface area contributed by atoms with Gasteiger partial charge in [0.2, 0.25) is 0 Å². The highest BCUT2D eigenvalue weighted by atomic mass is 16.6. The molecule has 0 radical (unpaired) electrons. The van der Waals surface area contributed by atoms with Crippen LogP contribution in [0.3, 0.4) is 0 Å². The average Bonchev–Trinajstić information content (AvgIpc) is 2.37. The summed E-state index contributed by atoms with van der Waals surface area (Å²) in [5.74, 6) is 1.47. The molecule has 2 unspecified atom stereocenters. The second-order valence-corrected chi connectivity index (χ2v) is 5.40. The van der Waals surface area contributed by atoms with E-state index in [1.807, 2.05) is 11.9 Å². The molecule has 0 amide bonds. The van der Waals surface area contributed by atoms with Crippen LogP contribution in [0.25, 0.3) is 0 Å². The quantitative estimate of drug-likeness (QED) is 0.670. The van der Waals surface area contributed by atoms with Crippen LogP contribution in [0.4, 0.5) is 17.3 Å². The normalized spacial score (nSPS) is 23.1. The van der Waals surface area contributed by atoms with Gasteiger partial charge in [0.15, 0.2) is 0 Å². The zero-order chi connectivity index (χ0) is 14.0. The molecule has 1 saturated carbocycles. The molecule has 1 fully saturated rings. The van der Waals surface area contributed by atoms with E-state index in [4.69, 9.17) is 5.73 Å². The molecule has 2 rings (SSSR count). The van der Waals surface area contributed by atoms with E-state index in [1.54, 1.807) is 0 Å². The Bertz CT molecular complexity index is 478. The minimum absolute atomic E-state index is 0.00166. The fourth-order valence-electron chi connectivity index (χ4n) is 2.75. The topological polar surface area (TPSA) is 85.3 Å². The highest BCUT2D eigenvalue weighted by Gasteiger charge is 2.24. The van der Waals surface area contributed by atoms with Gasteiger partial charge in [-0.1, -0.05) is 19.8 Å². The van der Waals surface area contributed by atoms with Crippen molar-refractivity contribution in [3.63, 3.8) is 0 Å². The fourth-order valence-corrected chi connectivity index (χ4v) is 2.75. The summed E-state index contributed by atoms with van der Waals surface area (Å²) in [5, 5.41) is 10.9. The van der Waals surface area contributed by atoms with Crippen molar-refractivity contribution in [1.82, 2.24) is 4.98 Å². The molecular formula is C13H20N4O2. The van der Waals surface area contributed by atoms with Gasteiger partial charge in [0.05, 0.1) is 17.1 Å². The van der Waals surface area contributed by atoms with Gasteiger partial charge in [-0.25, -0.2) is 4.98 Å². The van der Waals surface area contributed by atoms with Crippen LogP contribution in [0.2, 0.25) is 0 Å². The second kappa shape index (κ2) is 5.42. The van der Waals surface area contributed by atoms with E-state index in [1.165, 1.54) is 25.0 Å². The first-order chi connectivity index (χ1) is 8.97. The maximum Gasteiger partial charge on any atom is 0.276 e. The summed E-state index contributed by atoms with van der Waals surface area (Å²) >= 11 is 0. The summed E-state index contributed by atoms with van der Waals surface area (Å²) in [6.07, 6.45) is 4.65. The number of nitro groups is 1. The second-order valence-electron chi connectivity index (χ2n) is 5.40. The number of hydrogen-bond acceptors (Lipinski definition) is 5.